The van der Waals surface area contributed by atoms with Gasteiger partial charge in [0.1, 0.15) is 16.1 Å². The van der Waals surface area contributed by atoms with Gasteiger partial charge in [-0.2, -0.15) is 4.98 Å². The van der Waals surface area contributed by atoms with Gasteiger partial charge >= 0.3 is 0 Å². The van der Waals surface area contributed by atoms with Gasteiger partial charge in [0, 0.05) is 11.4 Å². The summed E-state index contributed by atoms with van der Waals surface area (Å²) in [5, 5.41) is 5.73. The number of methoxy groups -OCH3 is 1. The number of aromatic nitrogens is 4. The molecular formula is C21H14Br2Cl2F2N6O2. The Kier molecular flexibility index (Phi) is 9.38. The van der Waals surface area contributed by atoms with E-state index in [-0.39, 0.29) is 21.6 Å². The van der Waals surface area contributed by atoms with Crippen molar-refractivity contribution in [1.29, 1.82) is 0 Å². The van der Waals surface area contributed by atoms with Crippen LogP contribution in [0.4, 0.5) is 32.1 Å². The molecule has 35 heavy (non-hydrogen) atoms. The largest absolute Gasteiger partial charge is 0.480 e. The van der Waals surface area contributed by atoms with E-state index >= 15 is 0 Å². The molecule has 0 radical (unpaired) electrons. The number of halogens is 6. The van der Waals surface area contributed by atoms with E-state index in [0.717, 1.165) is 0 Å². The highest BCUT2D eigenvalue weighted by Gasteiger charge is 2.07. The molecule has 0 spiro atoms. The summed E-state index contributed by atoms with van der Waals surface area (Å²) in [4.78, 5) is 25.9. The number of hydrogen-bond donors (Lipinski definition) is 3. The summed E-state index contributed by atoms with van der Waals surface area (Å²) in [6.45, 7) is 0. The zero-order valence-corrected chi connectivity index (χ0v) is 22.2. The number of aromatic amines is 1. The molecule has 0 aliphatic heterocycles. The van der Waals surface area contributed by atoms with Crippen molar-refractivity contribution in [2.24, 2.45) is 0 Å². The van der Waals surface area contributed by atoms with Crippen LogP contribution in [0, 0.1) is 11.6 Å². The number of anilines is 4. The molecule has 4 aromatic rings. The maximum atomic E-state index is 13.0. The molecule has 2 heterocycles. The lowest BCUT2D eigenvalue weighted by Crippen LogP contribution is -2.10. The van der Waals surface area contributed by atoms with Crippen molar-refractivity contribution in [3.05, 3.63) is 89.8 Å². The lowest BCUT2D eigenvalue weighted by atomic mass is 10.3. The number of nitrogens with one attached hydrogen (secondary N) is 3. The van der Waals surface area contributed by atoms with Crippen molar-refractivity contribution in [3.8, 4) is 5.88 Å². The van der Waals surface area contributed by atoms with Crippen LogP contribution < -0.4 is 20.9 Å². The first-order chi connectivity index (χ1) is 16.7. The second-order valence-corrected chi connectivity index (χ2v) is 8.99. The minimum Gasteiger partial charge on any atom is -0.480 e. The average Bonchev–Trinajstić information content (AvgIpc) is 2.83. The standard InChI is InChI=1S/C11H8BrClFN3O.C10H6BrClFN3O/c1-18-10-7(12)5-15-11(17-10)16-6-2-3-9(14)8(13)4-6;11-6-4-14-10(16-9(6)17)15-5-1-2-8(13)7(12)3-5/h2-5H,1H3,(H,15,16,17);1-4H,(H2,14,15,16,17). The maximum Gasteiger partial charge on any atom is 0.266 e. The van der Waals surface area contributed by atoms with Crippen molar-refractivity contribution < 1.29 is 13.5 Å². The Hall–Kier alpha value is -2.80. The third kappa shape index (κ3) is 7.59. The number of benzene rings is 2. The highest BCUT2D eigenvalue weighted by molar-refractivity contribution is 9.10. The molecule has 0 unspecified atom stereocenters. The van der Waals surface area contributed by atoms with Crippen LogP contribution in [0.1, 0.15) is 0 Å². The van der Waals surface area contributed by atoms with Gasteiger partial charge in [-0.25, -0.2) is 18.7 Å². The summed E-state index contributed by atoms with van der Waals surface area (Å²) < 4.78 is 31.9. The Bertz CT molecular complexity index is 1410. The van der Waals surface area contributed by atoms with Gasteiger partial charge in [0.15, 0.2) is 0 Å². The van der Waals surface area contributed by atoms with Crippen LogP contribution in [0.2, 0.25) is 10.0 Å². The highest BCUT2D eigenvalue weighted by atomic mass is 79.9. The molecule has 4 rings (SSSR count). The summed E-state index contributed by atoms with van der Waals surface area (Å²) in [5.74, 6) is 0.00491. The predicted molar refractivity (Wildman–Crippen MR) is 138 cm³/mol. The molecule has 0 bridgehead atoms. The number of nitrogens with zero attached hydrogens (tertiary/aromatic N) is 3. The van der Waals surface area contributed by atoms with Gasteiger partial charge in [-0.15, -0.1) is 0 Å². The molecule has 8 nitrogen and oxygen atoms in total. The second kappa shape index (κ2) is 12.2. The van der Waals surface area contributed by atoms with E-state index in [2.05, 4.69) is 62.4 Å². The first-order valence-electron chi connectivity index (χ1n) is 9.41. The van der Waals surface area contributed by atoms with Gasteiger partial charge in [0.25, 0.3) is 5.56 Å². The topological polar surface area (TPSA) is 105 Å². The molecule has 0 aliphatic rings. The summed E-state index contributed by atoms with van der Waals surface area (Å²) in [6, 6.07) is 8.37. The van der Waals surface area contributed by atoms with Crippen LogP contribution in [0.25, 0.3) is 0 Å². The van der Waals surface area contributed by atoms with Gasteiger partial charge in [-0.05, 0) is 68.3 Å². The molecule has 0 atom stereocenters. The van der Waals surface area contributed by atoms with Crippen molar-refractivity contribution >= 4 is 78.3 Å². The van der Waals surface area contributed by atoms with Crippen LogP contribution in [-0.2, 0) is 0 Å². The lowest BCUT2D eigenvalue weighted by Gasteiger charge is -2.07. The second-order valence-electron chi connectivity index (χ2n) is 6.47. The van der Waals surface area contributed by atoms with E-state index in [1.807, 2.05) is 0 Å². The lowest BCUT2D eigenvalue weighted by molar-refractivity contribution is 0.394. The Labute approximate surface area is 224 Å². The average molecular weight is 651 g/mol. The van der Waals surface area contributed by atoms with Crippen LogP contribution in [0.3, 0.4) is 0 Å². The molecule has 3 N–H and O–H groups in total. The molecule has 0 saturated heterocycles. The molecule has 14 heteroatoms. The molecule has 0 aliphatic carbocycles. The first kappa shape index (κ1) is 26.8. The minimum atomic E-state index is -0.505. The van der Waals surface area contributed by atoms with Crippen LogP contribution in [-0.4, -0.2) is 27.0 Å². The fraction of sp³-hybridized carbons (Fsp3) is 0.0476. The zero-order chi connectivity index (χ0) is 25.5. The monoisotopic (exact) mass is 648 g/mol. The smallest absolute Gasteiger partial charge is 0.266 e. The highest BCUT2D eigenvalue weighted by Crippen LogP contribution is 2.25. The normalized spacial score (nSPS) is 10.3. The minimum absolute atomic E-state index is 0.00513. The first-order valence-corrected chi connectivity index (χ1v) is 11.8. The van der Waals surface area contributed by atoms with Crippen LogP contribution >= 0.6 is 55.1 Å². The van der Waals surface area contributed by atoms with E-state index in [9.17, 15) is 13.6 Å². The van der Waals surface area contributed by atoms with Crippen LogP contribution in [0.15, 0.2) is 62.5 Å². The number of rotatable bonds is 5. The third-order valence-corrected chi connectivity index (χ3v) is 5.71. The van der Waals surface area contributed by atoms with Crippen LogP contribution in [0.5, 0.6) is 5.88 Å². The van der Waals surface area contributed by atoms with Crippen molar-refractivity contribution in [1.82, 2.24) is 19.9 Å². The van der Waals surface area contributed by atoms with E-state index in [4.69, 9.17) is 27.9 Å². The fourth-order valence-electron chi connectivity index (χ4n) is 2.41. The molecule has 2 aromatic carbocycles. The predicted octanol–water partition coefficient (Wildman–Crippen LogP) is 6.85. The summed E-state index contributed by atoms with van der Waals surface area (Å²) in [5.41, 5.74) is 0.809. The third-order valence-electron chi connectivity index (χ3n) is 4.02. The Morgan fingerprint density at radius 2 is 1.49 bits per heavy atom. The molecule has 0 saturated carbocycles. The molecule has 182 valence electrons. The Morgan fingerprint density at radius 3 is 2.03 bits per heavy atom. The van der Waals surface area contributed by atoms with E-state index in [0.29, 0.717) is 32.1 Å². The van der Waals surface area contributed by atoms with Crippen molar-refractivity contribution in [2.75, 3.05) is 17.7 Å². The van der Waals surface area contributed by atoms with E-state index < -0.39 is 11.6 Å². The SMILES string of the molecule is COc1nc(Nc2ccc(F)c(Cl)c2)ncc1Br.O=c1[nH]c(Nc2ccc(F)c(Cl)c2)ncc1Br. The number of hydrogen-bond acceptors (Lipinski definition) is 7. The quantitative estimate of drug-likeness (QED) is 0.217. The van der Waals surface area contributed by atoms with E-state index in [1.54, 1.807) is 12.3 Å². The van der Waals surface area contributed by atoms with Gasteiger partial charge in [-0.1, -0.05) is 23.2 Å². The zero-order valence-electron chi connectivity index (χ0n) is 17.5. The van der Waals surface area contributed by atoms with Crippen molar-refractivity contribution in [3.63, 3.8) is 0 Å². The number of H-pyrrole nitrogens is 1. The van der Waals surface area contributed by atoms with Crippen molar-refractivity contribution in [2.45, 2.75) is 0 Å². The summed E-state index contributed by atoms with van der Waals surface area (Å²) >= 11 is 17.6. The van der Waals surface area contributed by atoms with Gasteiger partial charge < -0.3 is 15.4 Å². The fourth-order valence-corrected chi connectivity index (χ4v) is 3.33. The van der Waals surface area contributed by atoms with Gasteiger partial charge in [-0.3, -0.25) is 9.78 Å². The Morgan fingerprint density at radius 1 is 0.914 bits per heavy atom. The Balaban J connectivity index is 0.000000196. The maximum absolute atomic E-state index is 13.0. The number of ether oxygens (including phenoxy) is 1. The molecule has 2 aromatic heterocycles. The van der Waals surface area contributed by atoms with Gasteiger partial charge in [0.05, 0.1) is 34.0 Å². The summed E-state index contributed by atoms with van der Waals surface area (Å²) in [7, 11) is 1.51. The molecule has 0 amide bonds. The molecular weight excluding hydrogens is 637 g/mol. The van der Waals surface area contributed by atoms with E-state index in [1.165, 1.54) is 43.6 Å². The summed E-state index contributed by atoms with van der Waals surface area (Å²) in [6.07, 6.45) is 2.92. The van der Waals surface area contributed by atoms with Gasteiger partial charge in [0.2, 0.25) is 17.8 Å². The molecule has 0 fully saturated rings.